The quantitative estimate of drug-likeness (QED) is 0.484. The van der Waals surface area contributed by atoms with Gasteiger partial charge in [-0.2, -0.15) is 8.42 Å². The number of carbonyl (C=O) groups excluding carboxylic acids is 1. The largest absolute Gasteiger partial charge is 0.459 e. The maximum absolute atomic E-state index is 12.6. The molecule has 6 nitrogen and oxygen atoms in total. The summed E-state index contributed by atoms with van der Waals surface area (Å²) in [4.78, 5) is 12.7. The fraction of sp³-hybridized carbons (Fsp3) is 0.667. The summed E-state index contributed by atoms with van der Waals surface area (Å²) in [5.74, 6) is 1.11. The summed E-state index contributed by atoms with van der Waals surface area (Å²) >= 11 is 1.21. The van der Waals surface area contributed by atoms with E-state index >= 15 is 0 Å². The number of rotatable bonds is 6. The van der Waals surface area contributed by atoms with Crippen molar-refractivity contribution >= 4 is 27.8 Å². The second-order valence-electron chi connectivity index (χ2n) is 8.40. The van der Waals surface area contributed by atoms with Crippen LogP contribution in [-0.2, 0) is 28.6 Å². The summed E-state index contributed by atoms with van der Waals surface area (Å²) in [6, 6.07) is 6.40. The van der Waals surface area contributed by atoms with E-state index in [1.54, 1.807) is 12.1 Å². The van der Waals surface area contributed by atoms with Crippen LogP contribution in [0.2, 0.25) is 0 Å². The molecule has 1 aromatic rings. The molecule has 1 aromatic carbocycles. The molecule has 1 aliphatic heterocycles. The first-order valence-electron chi connectivity index (χ1n) is 10.1. The molecule has 2 fully saturated rings. The van der Waals surface area contributed by atoms with Gasteiger partial charge in [0.15, 0.2) is 6.29 Å². The van der Waals surface area contributed by atoms with Crippen LogP contribution >= 0.6 is 11.8 Å². The van der Waals surface area contributed by atoms with Gasteiger partial charge in [0, 0.05) is 5.75 Å². The van der Waals surface area contributed by atoms with Crippen molar-refractivity contribution in [2.75, 3.05) is 5.75 Å². The van der Waals surface area contributed by atoms with E-state index in [1.807, 2.05) is 6.92 Å². The molecule has 1 unspecified atom stereocenters. The number of hydrogen-bond donors (Lipinski definition) is 0. The molecule has 3 rings (SSSR count). The number of esters is 1. The number of hydrogen-bond acceptors (Lipinski definition) is 7. The average molecular weight is 443 g/mol. The van der Waals surface area contributed by atoms with Gasteiger partial charge in [0.25, 0.3) is 10.1 Å². The predicted octanol–water partition coefficient (Wildman–Crippen LogP) is 4.12. The third-order valence-electron chi connectivity index (χ3n) is 5.62. The van der Waals surface area contributed by atoms with Crippen LogP contribution in [0.15, 0.2) is 29.2 Å². The van der Waals surface area contributed by atoms with Crippen molar-refractivity contribution in [1.29, 1.82) is 0 Å². The van der Waals surface area contributed by atoms with Crippen molar-refractivity contribution in [2.45, 2.75) is 69.7 Å². The molecule has 5 atom stereocenters. The lowest BCUT2D eigenvalue weighted by molar-refractivity contribution is -0.170. The van der Waals surface area contributed by atoms with Crippen LogP contribution in [0.25, 0.3) is 0 Å². The fourth-order valence-electron chi connectivity index (χ4n) is 3.91. The van der Waals surface area contributed by atoms with E-state index < -0.39 is 27.8 Å². The smallest absolute Gasteiger partial charge is 0.346 e. The van der Waals surface area contributed by atoms with Crippen LogP contribution in [0.1, 0.15) is 45.6 Å². The number of carbonyl (C=O) groups is 1. The Bertz CT molecular complexity index is 805. The minimum atomic E-state index is -3.95. The lowest BCUT2D eigenvalue weighted by Gasteiger charge is -2.37. The molecular formula is C21H30O6S2. The second-order valence-corrected chi connectivity index (χ2v) is 11.1. The summed E-state index contributed by atoms with van der Waals surface area (Å²) in [5.41, 5.74) is 0.0921. The van der Waals surface area contributed by atoms with E-state index in [4.69, 9.17) is 13.7 Å². The zero-order valence-electron chi connectivity index (χ0n) is 17.4. The van der Waals surface area contributed by atoms with E-state index in [-0.39, 0.29) is 16.8 Å². The second kappa shape index (κ2) is 9.37. The summed E-state index contributed by atoms with van der Waals surface area (Å²) < 4.78 is 41.4. The van der Waals surface area contributed by atoms with E-state index in [1.165, 1.54) is 23.9 Å². The molecule has 29 heavy (non-hydrogen) atoms. The molecule has 2 aliphatic rings. The zero-order chi connectivity index (χ0) is 21.2. The highest BCUT2D eigenvalue weighted by molar-refractivity contribution is 8.00. The molecule has 0 radical (unpaired) electrons. The Morgan fingerprint density at radius 1 is 1.21 bits per heavy atom. The van der Waals surface area contributed by atoms with Gasteiger partial charge in [-0.25, -0.2) is 8.98 Å². The monoisotopic (exact) mass is 442 g/mol. The van der Waals surface area contributed by atoms with Crippen LogP contribution in [-0.4, -0.2) is 38.0 Å². The number of ether oxygens (including phenoxy) is 2. The summed E-state index contributed by atoms with van der Waals surface area (Å²) in [5, 5.41) is 0. The molecule has 1 aliphatic carbocycles. The van der Waals surface area contributed by atoms with Gasteiger partial charge < -0.3 is 9.47 Å². The van der Waals surface area contributed by atoms with E-state index in [0.29, 0.717) is 17.8 Å². The van der Waals surface area contributed by atoms with Gasteiger partial charge in [-0.3, -0.25) is 0 Å². The Morgan fingerprint density at radius 2 is 1.90 bits per heavy atom. The van der Waals surface area contributed by atoms with Crippen LogP contribution in [0.5, 0.6) is 0 Å². The van der Waals surface area contributed by atoms with E-state index in [0.717, 1.165) is 24.8 Å². The molecule has 1 saturated carbocycles. The molecule has 1 saturated heterocycles. The lowest BCUT2D eigenvalue weighted by Crippen LogP contribution is -2.38. The van der Waals surface area contributed by atoms with Gasteiger partial charge in [0.1, 0.15) is 6.10 Å². The van der Waals surface area contributed by atoms with Gasteiger partial charge in [-0.05, 0) is 49.7 Å². The first kappa shape index (κ1) is 22.6. The molecule has 0 bridgehead atoms. The minimum Gasteiger partial charge on any atom is -0.459 e. The highest BCUT2D eigenvalue weighted by atomic mass is 32.2. The molecule has 0 spiro atoms. The number of aryl methyl sites for hydroxylation is 1. The Kier molecular flexibility index (Phi) is 7.30. The van der Waals surface area contributed by atoms with Crippen molar-refractivity contribution in [3.8, 4) is 0 Å². The Balaban J connectivity index is 1.57. The van der Waals surface area contributed by atoms with Crippen LogP contribution in [0, 0.1) is 24.7 Å². The van der Waals surface area contributed by atoms with Gasteiger partial charge in [-0.1, -0.05) is 44.9 Å². The Labute approximate surface area is 177 Å². The van der Waals surface area contributed by atoms with Crippen molar-refractivity contribution in [1.82, 2.24) is 0 Å². The molecule has 0 amide bonds. The maximum Gasteiger partial charge on any atom is 0.346 e. The van der Waals surface area contributed by atoms with Crippen LogP contribution < -0.4 is 0 Å². The molecule has 162 valence electrons. The van der Waals surface area contributed by atoms with Crippen LogP contribution in [0.4, 0.5) is 0 Å². The minimum absolute atomic E-state index is 0.0682. The van der Waals surface area contributed by atoms with E-state index in [9.17, 15) is 13.2 Å². The summed E-state index contributed by atoms with van der Waals surface area (Å²) in [6.45, 7) is 8.36. The Morgan fingerprint density at radius 3 is 2.55 bits per heavy atom. The SMILES string of the molecule is Cc1ccc(S(=O)(=O)O[C@H]2CSC(C(=O)O[C@@H]3C[C@H](C)CC[C@H]3C(C)C)O2)cc1. The highest BCUT2D eigenvalue weighted by Crippen LogP contribution is 2.37. The molecule has 0 aromatic heterocycles. The lowest BCUT2D eigenvalue weighted by atomic mass is 9.75. The standard InChI is InChI=1S/C21H30O6S2/c1-13(2)17-10-7-15(4)11-18(17)25-20(22)21-26-19(12-28-21)27-29(23,24)16-8-5-14(3)6-9-16/h5-6,8-9,13,15,17-19,21H,7,10-12H2,1-4H3/t15-,17+,18-,19+,21?/m1/s1. The topological polar surface area (TPSA) is 78.9 Å². The van der Waals surface area contributed by atoms with Crippen molar-refractivity contribution < 1.29 is 26.9 Å². The number of benzene rings is 1. The first-order chi connectivity index (χ1) is 13.7. The maximum atomic E-state index is 12.6. The molecular weight excluding hydrogens is 412 g/mol. The third kappa shape index (κ3) is 5.75. The van der Waals surface area contributed by atoms with Crippen molar-refractivity contribution in [3.05, 3.63) is 29.8 Å². The average Bonchev–Trinajstić information content (AvgIpc) is 3.10. The van der Waals surface area contributed by atoms with Gasteiger partial charge >= 0.3 is 5.97 Å². The van der Waals surface area contributed by atoms with Crippen molar-refractivity contribution in [2.24, 2.45) is 17.8 Å². The van der Waals surface area contributed by atoms with Gasteiger partial charge in [0.2, 0.25) is 5.44 Å². The zero-order valence-corrected chi connectivity index (χ0v) is 19.0. The summed E-state index contributed by atoms with van der Waals surface area (Å²) in [6.07, 6.45) is 1.93. The molecule has 8 heteroatoms. The third-order valence-corrected chi connectivity index (χ3v) is 8.01. The summed E-state index contributed by atoms with van der Waals surface area (Å²) in [7, 11) is -3.95. The first-order valence-corrected chi connectivity index (χ1v) is 12.6. The van der Waals surface area contributed by atoms with Crippen LogP contribution in [0.3, 0.4) is 0 Å². The van der Waals surface area contributed by atoms with Gasteiger partial charge in [0.05, 0.1) is 4.90 Å². The molecule has 1 heterocycles. The normalized spacial score (nSPS) is 30.4. The highest BCUT2D eigenvalue weighted by Gasteiger charge is 2.40. The fourth-order valence-corrected chi connectivity index (χ4v) is 5.85. The Hall–Kier alpha value is -1.09. The van der Waals surface area contributed by atoms with E-state index in [2.05, 4.69) is 20.8 Å². The van der Waals surface area contributed by atoms with Crippen molar-refractivity contribution in [3.63, 3.8) is 0 Å². The molecule has 0 N–H and O–H groups in total. The predicted molar refractivity (Wildman–Crippen MR) is 112 cm³/mol. The number of thioether (sulfide) groups is 1. The van der Waals surface area contributed by atoms with Gasteiger partial charge in [-0.15, -0.1) is 11.8 Å².